The molecule has 7 aromatic rings. The van der Waals surface area contributed by atoms with E-state index in [2.05, 4.69) is 140 Å². The summed E-state index contributed by atoms with van der Waals surface area (Å²) < 4.78 is 13.6. The normalized spacial score (nSPS) is 13.2. The average Bonchev–Trinajstić information content (AvgIpc) is 3.28. The van der Waals surface area contributed by atoms with Crippen LogP contribution in [-0.4, -0.2) is 0 Å². The minimum Gasteiger partial charge on any atom is -0.310 e. The fourth-order valence-corrected chi connectivity index (χ4v) is 6.92. The van der Waals surface area contributed by atoms with Gasteiger partial charge in [-0.05, 0) is 92.0 Å². The van der Waals surface area contributed by atoms with Gasteiger partial charge in [-0.25, -0.2) is 4.39 Å². The molecule has 1 nitrogen and oxygen atoms in total. The Morgan fingerprint density at radius 2 is 1.07 bits per heavy atom. The molecule has 7 aromatic carbocycles. The summed E-state index contributed by atoms with van der Waals surface area (Å²) >= 11 is 0. The maximum atomic E-state index is 13.6. The summed E-state index contributed by atoms with van der Waals surface area (Å²) in [6.45, 7) is 4.66. The fraction of sp³-hybridized carbons (Fsp3) is 0.0732. The summed E-state index contributed by atoms with van der Waals surface area (Å²) in [6, 6.07) is 50.7. The van der Waals surface area contributed by atoms with Crippen LogP contribution in [0.2, 0.25) is 0 Å². The lowest BCUT2D eigenvalue weighted by Gasteiger charge is -2.29. The highest BCUT2D eigenvalue weighted by atomic mass is 19.1. The molecule has 1 aliphatic carbocycles. The Bertz CT molecular complexity index is 2160. The monoisotopic (exact) mass is 555 g/mol. The van der Waals surface area contributed by atoms with Crippen molar-refractivity contribution in [2.75, 3.05) is 4.90 Å². The van der Waals surface area contributed by atoms with Crippen LogP contribution in [0.1, 0.15) is 25.0 Å². The van der Waals surface area contributed by atoms with Gasteiger partial charge in [0.2, 0.25) is 0 Å². The first kappa shape index (κ1) is 25.5. The van der Waals surface area contributed by atoms with E-state index in [1.807, 2.05) is 12.1 Å². The number of nitrogens with zero attached hydrogens (tertiary/aromatic N) is 1. The van der Waals surface area contributed by atoms with Crippen LogP contribution in [0, 0.1) is 5.82 Å². The molecular formula is C41H30FN. The van der Waals surface area contributed by atoms with Crippen LogP contribution in [0.4, 0.5) is 21.5 Å². The highest BCUT2D eigenvalue weighted by molar-refractivity contribution is 6.14. The summed E-state index contributed by atoms with van der Waals surface area (Å²) in [6.07, 6.45) is 0. The summed E-state index contributed by atoms with van der Waals surface area (Å²) in [4.78, 5) is 2.39. The third-order valence-electron chi connectivity index (χ3n) is 9.12. The van der Waals surface area contributed by atoms with Gasteiger partial charge in [0, 0.05) is 22.2 Å². The summed E-state index contributed by atoms with van der Waals surface area (Å²) in [5, 5.41) is 4.89. The second-order valence-corrected chi connectivity index (χ2v) is 12.0. The zero-order chi connectivity index (χ0) is 29.1. The second-order valence-electron chi connectivity index (χ2n) is 12.0. The number of halogens is 1. The van der Waals surface area contributed by atoms with Gasteiger partial charge in [0.05, 0.1) is 5.69 Å². The van der Waals surface area contributed by atoms with Crippen LogP contribution < -0.4 is 4.90 Å². The molecule has 8 rings (SSSR count). The SMILES string of the molecule is CC1(C)c2ccccc2-c2ccc(N(c3ccc(-c4ccc(F)cc4)cc3)c3cc4ccccc4c4ccccc34)cc21. The Morgan fingerprint density at radius 1 is 0.488 bits per heavy atom. The quantitative estimate of drug-likeness (QED) is 0.195. The summed E-state index contributed by atoms with van der Waals surface area (Å²) in [5.74, 6) is -0.226. The molecule has 43 heavy (non-hydrogen) atoms. The lowest BCUT2D eigenvalue weighted by Crippen LogP contribution is -2.16. The van der Waals surface area contributed by atoms with Gasteiger partial charge in [0.1, 0.15) is 5.82 Å². The van der Waals surface area contributed by atoms with E-state index in [-0.39, 0.29) is 11.2 Å². The van der Waals surface area contributed by atoms with Gasteiger partial charge in [-0.3, -0.25) is 0 Å². The van der Waals surface area contributed by atoms with Crippen LogP contribution >= 0.6 is 0 Å². The molecule has 0 amide bonds. The van der Waals surface area contributed by atoms with Crippen LogP contribution in [-0.2, 0) is 5.41 Å². The van der Waals surface area contributed by atoms with Crippen LogP contribution in [0.15, 0.2) is 146 Å². The Balaban J connectivity index is 1.36. The maximum Gasteiger partial charge on any atom is 0.123 e. The van der Waals surface area contributed by atoms with Crippen LogP contribution in [0.25, 0.3) is 43.8 Å². The number of benzene rings is 7. The van der Waals surface area contributed by atoms with E-state index >= 15 is 0 Å². The van der Waals surface area contributed by atoms with E-state index in [9.17, 15) is 4.39 Å². The van der Waals surface area contributed by atoms with Crippen molar-refractivity contribution in [1.29, 1.82) is 0 Å². The number of rotatable bonds is 4. The van der Waals surface area contributed by atoms with E-state index < -0.39 is 0 Å². The molecule has 0 atom stereocenters. The minimum atomic E-state index is -0.226. The van der Waals surface area contributed by atoms with Crippen LogP contribution in [0.3, 0.4) is 0 Å². The van der Waals surface area contributed by atoms with Crippen molar-refractivity contribution in [2.45, 2.75) is 19.3 Å². The largest absolute Gasteiger partial charge is 0.310 e. The van der Waals surface area contributed by atoms with E-state index in [0.29, 0.717) is 0 Å². The lowest BCUT2D eigenvalue weighted by molar-refractivity contribution is 0.628. The van der Waals surface area contributed by atoms with Crippen molar-refractivity contribution in [2.24, 2.45) is 0 Å². The van der Waals surface area contributed by atoms with E-state index in [1.165, 1.54) is 55.9 Å². The Morgan fingerprint density at radius 3 is 1.84 bits per heavy atom. The third kappa shape index (κ3) is 4.06. The first-order valence-corrected chi connectivity index (χ1v) is 14.8. The molecule has 0 unspecified atom stereocenters. The standard InChI is InChI=1S/C41H30FN/c1-41(2)38-14-8-7-12-35(38)36-24-23-32(26-39(36)41)43(31-21-17-28(18-22-31)27-15-19-30(42)20-16-27)40-25-29-9-3-4-10-33(29)34-11-5-6-13-37(34)40/h3-26H,1-2H3. The molecule has 0 fully saturated rings. The van der Waals surface area contributed by atoms with Gasteiger partial charge < -0.3 is 4.90 Å². The number of hydrogen-bond acceptors (Lipinski definition) is 1. The van der Waals surface area contributed by atoms with Crippen molar-refractivity contribution in [1.82, 2.24) is 0 Å². The predicted octanol–water partition coefficient (Wildman–Crippen LogP) is 11.6. The molecule has 0 N–H and O–H groups in total. The maximum absolute atomic E-state index is 13.6. The molecule has 0 spiro atoms. The zero-order valence-electron chi connectivity index (χ0n) is 24.2. The van der Waals surface area contributed by atoms with Gasteiger partial charge >= 0.3 is 0 Å². The predicted molar refractivity (Wildman–Crippen MR) is 179 cm³/mol. The summed E-state index contributed by atoms with van der Waals surface area (Å²) in [7, 11) is 0. The minimum absolute atomic E-state index is 0.106. The highest BCUT2D eigenvalue weighted by Gasteiger charge is 2.35. The van der Waals surface area contributed by atoms with Gasteiger partial charge in [-0.1, -0.05) is 117 Å². The van der Waals surface area contributed by atoms with Crippen molar-refractivity contribution >= 4 is 38.6 Å². The first-order valence-electron chi connectivity index (χ1n) is 14.8. The third-order valence-corrected chi connectivity index (χ3v) is 9.12. The van der Waals surface area contributed by atoms with E-state index in [1.54, 1.807) is 0 Å². The van der Waals surface area contributed by atoms with Crippen molar-refractivity contribution in [3.63, 3.8) is 0 Å². The number of fused-ring (bicyclic) bond motifs is 6. The summed E-state index contributed by atoms with van der Waals surface area (Å²) in [5.41, 5.74) is 10.6. The fourth-order valence-electron chi connectivity index (χ4n) is 6.92. The molecule has 0 aromatic heterocycles. The second kappa shape index (κ2) is 9.68. The van der Waals surface area contributed by atoms with E-state index in [4.69, 9.17) is 0 Å². The van der Waals surface area contributed by atoms with E-state index in [0.717, 1.165) is 28.2 Å². The lowest BCUT2D eigenvalue weighted by atomic mass is 9.82. The van der Waals surface area contributed by atoms with Crippen molar-refractivity contribution < 1.29 is 4.39 Å². The number of anilines is 3. The van der Waals surface area contributed by atoms with Gasteiger partial charge in [-0.2, -0.15) is 0 Å². The van der Waals surface area contributed by atoms with Gasteiger partial charge in [0.25, 0.3) is 0 Å². The smallest absolute Gasteiger partial charge is 0.123 e. The van der Waals surface area contributed by atoms with Gasteiger partial charge in [-0.15, -0.1) is 0 Å². The Kier molecular flexibility index (Phi) is 5.74. The van der Waals surface area contributed by atoms with Crippen molar-refractivity contribution in [3.05, 3.63) is 163 Å². The zero-order valence-corrected chi connectivity index (χ0v) is 24.2. The molecule has 0 heterocycles. The average molecular weight is 556 g/mol. The molecule has 1 aliphatic rings. The molecule has 0 bridgehead atoms. The molecule has 0 saturated heterocycles. The highest BCUT2D eigenvalue weighted by Crippen LogP contribution is 2.51. The number of hydrogen-bond donors (Lipinski definition) is 0. The first-order chi connectivity index (χ1) is 21.0. The topological polar surface area (TPSA) is 3.24 Å². The molecular weight excluding hydrogens is 525 g/mol. The molecule has 0 aliphatic heterocycles. The molecule has 2 heteroatoms. The van der Waals surface area contributed by atoms with Crippen molar-refractivity contribution in [3.8, 4) is 22.3 Å². The molecule has 206 valence electrons. The van der Waals surface area contributed by atoms with Crippen LogP contribution in [0.5, 0.6) is 0 Å². The Labute approximate surface area is 251 Å². The Hall–Kier alpha value is -5.21. The van der Waals surface area contributed by atoms with Gasteiger partial charge in [0.15, 0.2) is 0 Å². The molecule has 0 saturated carbocycles. The molecule has 0 radical (unpaired) electrons.